The molecule has 1 heterocycles. The first-order valence-corrected chi connectivity index (χ1v) is 5.56. The molecule has 0 saturated heterocycles. The van der Waals surface area contributed by atoms with Crippen LogP contribution in [0.15, 0.2) is 22.7 Å². The second-order valence-electron chi connectivity index (χ2n) is 3.67. The van der Waals surface area contributed by atoms with Crippen LogP contribution < -0.4 is 4.74 Å². The van der Waals surface area contributed by atoms with Gasteiger partial charge in [0, 0.05) is 6.42 Å². The largest absolute Gasteiger partial charge is 0.481 e. The number of halogens is 1. The second kappa shape index (κ2) is 5.59. The maximum Gasteiger partial charge on any atom is 0.264 e. The van der Waals surface area contributed by atoms with Crippen LogP contribution in [-0.2, 0) is 19.6 Å². The average molecular weight is 252 g/mol. The van der Waals surface area contributed by atoms with Crippen molar-refractivity contribution in [2.75, 3.05) is 0 Å². The molecule has 0 aliphatic heterocycles. The predicted molar refractivity (Wildman–Crippen MR) is 60.3 cm³/mol. The summed E-state index contributed by atoms with van der Waals surface area (Å²) in [5, 5.41) is 12.6. The minimum atomic E-state index is -0.531. The average Bonchev–Trinajstić information content (AvgIpc) is 2.85. The Labute approximate surface area is 103 Å². The number of nitrogens with zero attached hydrogens (tertiary/aromatic N) is 2. The zero-order chi connectivity index (χ0) is 13.0. The lowest BCUT2D eigenvalue weighted by molar-refractivity contribution is 0.233. The Hall–Kier alpha value is -1.95. The van der Waals surface area contributed by atoms with Crippen LogP contribution >= 0.6 is 0 Å². The highest BCUT2D eigenvalue weighted by atomic mass is 19.1. The molecule has 0 aliphatic carbocycles. The molecule has 0 amide bonds. The lowest BCUT2D eigenvalue weighted by Gasteiger charge is -2.05. The molecule has 18 heavy (non-hydrogen) atoms. The maximum atomic E-state index is 13.5. The van der Waals surface area contributed by atoms with E-state index in [2.05, 4.69) is 10.1 Å². The lowest BCUT2D eigenvalue weighted by atomic mass is 10.2. The van der Waals surface area contributed by atoms with E-state index in [-0.39, 0.29) is 19.0 Å². The van der Waals surface area contributed by atoms with Gasteiger partial charge in [0.1, 0.15) is 0 Å². The first kappa shape index (κ1) is 12.5. The molecule has 0 aliphatic rings. The van der Waals surface area contributed by atoms with Crippen LogP contribution in [0, 0.1) is 5.82 Å². The molecule has 5 nitrogen and oxygen atoms in total. The van der Waals surface area contributed by atoms with Gasteiger partial charge in [-0.1, -0.05) is 18.1 Å². The van der Waals surface area contributed by atoms with Gasteiger partial charge in [0.2, 0.25) is 0 Å². The van der Waals surface area contributed by atoms with Gasteiger partial charge < -0.3 is 14.4 Å². The quantitative estimate of drug-likeness (QED) is 0.879. The van der Waals surface area contributed by atoms with E-state index in [9.17, 15) is 4.39 Å². The van der Waals surface area contributed by atoms with Crippen LogP contribution in [0.5, 0.6) is 5.75 Å². The summed E-state index contributed by atoms with van der Waals surface area (Å²) in [6, 6.07) is 4.27. The summed E-state index contributed by atoms with van der Waals surface area (Å²) in [5.41, 5.74) is 0.492. The van der Waals surface area contributed by atoms with Gasteiger partial charge in [-0.05, 0) is 17.7 Å². The second-order valence-corrected chi connectivity index (χ2v) is 3.67. The van der Waals surface area contributed by atoms with Crippen LogP contribution in [0.3, 0.4) is 0 Å². The minimum absolute atomic E-state index is 0.0163. The summed E-state index contributed by atoms with van der Waals surface area (Å²) in [6.45, 7) is 1.71. The molecule has 1 aromatic heterocycles. The Kier molecular flexibility index (Phi) is 3.88. The summed E-state index contributed by atoms with van der Waals surface area (Å²) in [5.74, 6) is 0.447. The van der Waals surface area contributed by atoms with E-state index in [0.29, 0.717) is 23.7 Å². The van der Waals surface area contributed by atoms with Gasteiger partial charge in [-0.2, -0.15) is 4.98 Å². The fraction of sp³-hybridized carbons (Fsp3) is 0.333. The normalized spacial score (nSPS) is 10.6. The van der Waals surface area contributed by atoms with E-state index in [1.54, 1.807) is 6.07 Å². The Morgan fingerprint density at radius 1 is 1.44 bits per heavy atom. The zero-order valence-corrected chi connectivity index (χ0v) is 9.89. The number of ether oxygens (including phenoxy) is 1. The Morgan fingerprint density at radius 2 is 2.28 bits per heavy atom. The molecule has 1 N–H and O–H groups in total. The number of aromatic nitrogens is 2. The lowest BCUT2D eigenvalue weighted by Crippen LogP contribution is -1.99. The third kappa shape index (κ3) is 2.84. The van der Waals surface area contributed by atoms with Crippen molar-refractivity contribution in [2.24, 2.45) is 0 Å². The smallest absolute Gasteiger partial charge is 0.264 e. The predicted octanol–water partition coefficient (Wildman–Crippen LogP) is 1.84. The molecule has 96 valence electrons. The Bertz CT molecular complexity index is 528. The van der Waals surface area contributed by atoms with E-state index >= 15 is 0 Å². The van der Waals surface area contributed by atoms with Crippen molar-refractivity contribution < 1.29 is 18.8 Å². The van der Waals surface area contributed by atoms with Gasteiger partial charge in [-0.25, -0.2) is 4.39 Å². The van der Waals surface area contributed by atoms with E-state index in [1.807, 2.05) is 6.92 Å². The van der Waals surface area contributed by atoms with E-state index < -0.39 is 5.82 Å². The first-order chi connectivity index (χ1) is 8.72. The Balaban J connectivity index is 2.01. The van der Waals surface area contributed by atoms with Crippen molar-refractivity contribution in [3.63, 3.8) is 0 Å². The minimum Gasteiger partial charge on any atom is -0.481 e. The van der Waals surface area contributed by atoms with Crippen molar-refractivity contribution >= 4 is 0 Å². The van der Waals surface area contributed by atoms with E-state index in [0.717, 1.165) is 0 Å². The number of aliphatic hydroxyl groups is 1. The molecule has 0 saturated carbocycles. The number of hydrogen-bond donors (Lipinski definition) is 1. The number of aryl methyl sites for hydroxylation is 1. The summed E-state index contributed by atoms with van der Waals surface area (Å²) >= 11 is 0. The highest BCUT2D eigenvalue weighted by Crippen LogP contribution is 2.19. The summed E-state index contributed by atoms with van der Waals surface area (Å²) in [4.78, 5) is 4.04. The van der Waals surface area contributed by atoms with Gasteiger partial charge in [-0.3, -0.25) is 0 Å². The molecular formula is C12H13FN2O3. The van der Waals surface area contributed by atoms with E-state index in [1.165, 1.54) is 12.1 Å². The molecule has 0 bridgehead atoms. The molecule has 1 aromatic carbocycles. The van der Waals surface area contributed by atoms with Gasteiger partial charge in [0.05, 0.1) is 6.61 Å². The van der Waals surface area contributed by atoms with Gasteiger partial charge in [0.15, 0.2) is 24.0 Å². The van der Waals surface area contributed by atoms with Crippen molar-refractivity contribution in [1.82, 2.24) is 10.1 Å². The molecule has 2 rings (SSSR count). The first-order valence-electron chi connectivity index (χ1n) is 5.56. The summed E-state index contributed by atoms with van der Waals surface area (Å²) in [7, 11) is 0. The molecule has 0 radical (unpaired) electrons. The van der Waals surface area contributed by atoms with Crippen LogP contribution in [0.2, 0.25) is 0 Å². The topological polar surface area (TPSA) is 68.4 Å². The van der Waals surface area contributed by atoms with Gasteiger partial charge in [0.25, 0.3) is 5.89 Å². The summed E-state index contributed by atoms with van der Waals surface area (Å²) < 4.78 is 23.6. The molecule has 2 aromatic rings. The van der Waals surface area contributed by atoms with Crippen molar-refractivity contribution in [3.8, 4) is 5.75 Å². The maximum absolute atomic E-state index is 13.5. The molecule has 0 spiro atoms. The van der Waals surface area contributed by atoms with Gasteiger partial charge in [-0.15, -0.1) is 0 Å². The molecular weight excluding hydrogens is 239 g/mol. The van der Waals surface area contributed by atoms with Crippen molar-refractivity contribution in [1.29, 1.82) is 0 Å². The number of hydrogen-bond acceptors (Lipinski definition) is 5. The van der Waals surface area contributed by atoms with Crippen LogP contribution in [0.25, 0.3) is 0 Å². The van der Waals surface area contributed by atoms with Crippen LogP contribution in [0.4, 0.5) is 4.39 Å². The fourth-order valence-electron chi connectivity index (χ4n) is 1.39. The van der Waals surface area contributed by atoms with Gasteiger partial charge >= 0.3 is 0 Å². The van der Waals surface area contributed by atoms with Crippen LogP contribution in [-0.4, -0.2) is 15.2 Å². The SMILES string of the molecule is CCc1noc(COc2ccc(CO)cc2F)n1. The monoisotopic (exact) mass is 252 g/mol. The van der Waals surface area contributed by atoms with Crippen LogP contribution in [0.1, 0.15) is 24.2 Å². The van der Waals surface area contributed by atoms with Crippen molar-refractivity contribution in [3.05, 3.63) is 41.3 Å². The zero-order valence-electron chi connectivity index (χ0n) is 9.89. The number of rotatable bonds is 5. The summed E-state index contributed by atoms with van der Waals surface area (Å²) in [6.07, 6.45) is 0.670. The fourth-order valence-corrected chi connectivity index (χ4v) is 1.39. The third-order valence-corrected chi connectivity index (χ3v) is 2.36. The molecule has 0 unspecified atom stereocenters. The third-order valence-electron chi connectivity index (χ3n) is 2.36. The number of aliphatic hydroxyl groups excluding tert-OH is 1. The molecule has 0 atom stereocenters. The Morgan fingerprint density at radius 3 is 2.89 bits per heavy atom. The molecule has 6 heteroatoms. The standard InChI is InChI=1S/C12H13FN2O3/c1-2-11-14-12(18-15-11)7-17-10-4-3-8(6-16)5-9(10)13/h3-5,16H,2,6-7H2,1H3. The van der Waals surface area contributed by atoms with Crippen molar-refractivity contribution in [2.45, 2.75) is 26.6 Å². The highest BCUT2D eigenvalue weighted by Gasteiger charge is 2.08. The van der Waals surface area contributed by atoms with E-state index in [4.69, 9.17) is 14.4 Å². The molecule has 0 fully saturated rings. The number of benzene rings is 1. The highest BCUT2D eigenvalue weighted by molar-refractivity contribution is 5.28.